The van der Waals surface area contributed by atoms with Crippen LogP contribution in [-0.2, 0) is 4.74 Å². The molecule has 2 rings (SSSR count). The number of nitrogens with one attached hydrogen (secondary N) is 2. The van der Waals surface area contributed by atoms with Crippen LogP contribution in [0.3, 0.4) is 0 Å². The smallest absolute Gasteiger partial charge is 0.340 e. The van der Waals surface area contributed by atoms with E-state index >= 15 is 0 Å². The monoisotopic (exact) mass is 378 g/mol. The number of benzene rings is 1. The number of H-pyrrole nitrogens is 1. The van der Waals surface area contributed by atoms with Gasteiger partial charge in [0.15, 0.2) is 0 Å². The van der Waals surface area contributed by atoms with Crippen molar-refractivity contribution in [2.24, 2.45) is 0 Å². The number of allylic oxidation sites excluding steroid dienone is 1. The molecule has 0 unspecified atom stereocenters. The number of tetrazole rings is 1. The summed E-state index contributed by atoms with van der Waals surface area (Å²) in [6.07, 6.45) is 1.36. The number of aromatic amines is 1. The minimum Gasteiger partial charge on any atom is -0.495 e. The van der Waals surface area contributed by atoms with E-state index in [0.29, 0.717) is 15.9 Å². The fourth-order valence-electron chi connectivity index (χ4n) is 1.68. The molecule has 118 valence electrons. The molecule has 1 heterocycles. The molecular weight excluding hydrogens is 368 g/mol. The molecular formula is C13H11BrN6O3. The number of methoxy groups -OCH3 is 2. The second-order valence-electron chi connectivity index (χ2n) is 4.07. The molecule has 0 aliphatic heterocycles. The molecule has 1 aromatic heterocycles. The van der Waals surface area contributed by atoms with Crippen LogP contribution in [0.15, 0.2) is 22.8 Å². The fourth-order valence-corrected chi connectivity index (χ4v) is 2.19. The first-order valence-corrected chi connectivity index (χ1v) is 6.96. The number of hydrogen-bond acceptors (Lipinski definition) is 8. The van der Waals surface area contributed by atoms with Gasteiger partial charge in [0, 0.05) is 12.3 Å². The van der Waals surface area contributed by atoms with Crippen LogP contribution in [0.2, 0.25) is 0 Å². The zero-order valence-electron chi connectivity index (χ0n) is 12.1. The Labute approximate surface area is 139 Å². The largest absolute Gasteiger partial charge is 0.495 e. The summed E-state index contributed by atoms with van der Waals surface area (Å²) >= 11 is 3.30. The highest BCUT2D eigenvalue weighted by molar-refractivity contribution is 9.10. The molecule has 0 aliphatic rings. The molecule has 9 nitrogen and oxygen atoms in total. The van der Waals surface area contributed by atoms with Gasteiger partial charge in [0.2, 0.25) is 5.82 Å². The quantitative estimate of drug-likeness (QED) is 0.594. The highest BCUT2D eigenvalue weighted by Crippen LogP contribution is 2.32. The van der Waals surface area contributed by atoms with Crippen molar-refractivity contribution in [2.75, 3.05) is 19.5 Å². The van der Waals surface area contributed by atoms with Gasteiger partial charge in [-0.2, -0.15) is 10.5 Å². The van der Waals surface area contributed by atoms with E-state index in [9.17, 15) is 4.79 Å². The van der Waals surface area contributed by atoms with Crippen molar-refractivity contribution in [3.8, 4) is 11.8 Å². The Hall–Kier alpha value is -2.93. The first kappa shape index (κ1) is 16.4. The van der Waals surface area contributed by atoms with Gasteiger partial charge in [0.1, 0.15) is 17.4 Å². The normalized spacial score (nSPS) is 10.8. The van der Waals surface area contributed by atoms with Crippen LogP contribution in [0.25, 0.3) is 5.57 Å². The van der Waals surface area contributed by atoms with Crippen LogP contribution in [0.5, 0.6) is 5.75 Å². The Morgan fingerprint density at radius 3 is 2.83 bits per heavy atom. The number of aromatic nitrogens is 4. The van der Waals surface area contributed by atoms with Gasteiger partial charge in [-0.25, -0.2) is 4.79 Å². The van der Waals surface area contributed by atoms with Crippen molar-refractivity contribution in [3.63, 3.8) is 0 Å². The number of nitriles is 1. The molecule has 2 aromatic rings. The average Bonchev–Trinajstić information content (AvgIpc) is 3.09. The predicted molar refractivity (Wildman–Crippen MR) is 83.4 cm³/mol. The molecule has 0 aliphatic carbocycles. The standard InChI is InChI=1S/C13H11BrN6O3/c1-22-11-4-10(8(3-9(11)14)13(21)23-2)16-6-7(5-15)12-17-19-20-18-12/h3-4,6,16H,1-2H3,(H,17,18,19,20). The van der Waals surface area contributed by atoms with Crippen LogP contribution in [0, 0.1) is 11.3 Å². The van der Waals surface area contributed by atoms with Crippen molar-refractivity contribution >= 4 is 33.2 Å². The topological polar surface area (TPSA) is 126 Å². The first-order chi connectivity index (χ1) is 11.1. The molecule has 0 radical (unpaired) electrons. The number of ether oxygens (including phenoxy) is 2. The number of anilines is 1. The lowest BCUT2D eigenvalue weighted by atomic mass is 10.1. The molecule has 0 spiro atoms. The van der Waals surface area contributed by atoms with Gasteiger partial charge in [-0.3, -0.25) is 0 Å². The van der Waals surface area contributed by atoms with Crippen LogP contribution in [0.1, 0.15) is 16.2 Å². The Morgan fingerprint density at radius 1 is 1.48 bits per heavy atom. The number of hydrogen-bond donors (Lipinski definition) is 2. The summed E-state index contributed by atoms with van der Waals surface area (Å²) < 4.78 is 10.5. The van der Waals surface area contributed by atoms with E-state index in [1.807, 2.05) is 6.07 Å². The minimum atomic E-state index is -0.540. The zero-order chi connectivity index (χ0) is 16.8. The van der Waals surface area contributed by atoms with E-state index in [-0.39, 0.29) is 17.0 Å². The highest BCUT2D eigenvalue weighted by atomic mass is 79.9. The SMILES string of the molecule is COC(=O)c1cc(Br)c(OC)cc1NC=C(C#N)c1nn[nH]n1. The number of rotatable bonds is 5. The Morgan fingerprint density at radius 2 is 2.26 bits per heavy atom. The summed E-state index contributed by atoms with van der Waals surface area (Å²) in [5.41, 5.74) is 0.798. The van der Waals surface area contributed by atoms with Crippen LogP contribution >= 0.6 is 15.9 Å². The Kier molecular flexibility index (Phi) is 5.27. The van der Waals surface area contributed by atoms with Crippen molar-refractivity contribution < 1.29 is 14.3 Å². The van der Waals surface area contributed by atoms with E-state index < -0.39 is 5.97 Å². The molecule has 10 heteroatoms. The van der Waals surface area contributed by atoms with Crippen molar-refractivity contribution in [2.45, 2.75) is 0 Å². The van der Waals surface area contributed by atoms with Gasteiger partial charge in [0.25, 0.3) is 0 Å². The lowest BCUT2D eigenvalue weighted by Gasteiger charge is -2.12. The molecule has 0 saturated carbocycles. The van der Waals surface area contributed by atoms with E-state index in [0.717, 1.165) is 0 Å². The van der Waals surface area contributed by atoms with Crippen molar-refractivity contribution in [1.82, 2.24) is 20.6 Å². The van der Waals surface area contributed by atoms with Crippen molar-refractivity contribution in [3.05, 3.63) is 34.2 Å². The Bertz CT molecular complexity index is 782. The molecule has 0 saturated heterocycles. The number of carbonyl (C=O) groups is 1. The minimum absolute atomic E-state index is 0.128. The summed E-state index contributed by atoms with van der Waals surface area (Å²) in [6, 6.07) is 5.09. The molecule has 1 aromatic carbocycles. The predicted octanol–water partition coefficient (Wildman–Crippen LogP) is 1.73. The van der Waals surface area contributed by atoms with Gasteiger partial charge < -0.3 is 14.8 Å². The maximum atomic E-state index is 11.9. The molecule has 0 amide bonds. The van der Waals surface area contributed by atoms with Crippen LogP contribution < -0.4 is 10.1 Å². The third kappa shape index (κ3) is 3.64. The molecule has 0 atom stereocenters. The van der Waals surface area contributed by atoms with Gasteiger partial charge in [-0.1, -0.05) is 0 Å². The number of halogens is 1. The number of esters is 1. The van der Waals surface area contributed by atoms with Gasteiger partial charge in [0.05, 0.1) is 29.9 Å². The summed E-state index contributed by atoms with van der Waals surface area (Å²) in [5.74, 6) is 0.0950. The van der Waals surface area contributed by atoms with Crippen molar-refractivity contribution in [1.29, 1.82) is 5.26 Å². The van der Waals surface area contributed by atoms with E-state index in [4.69, 9.17) is 14.7 Å². The molecule has 0 bridgehead atoms. The summed E-state index contributed by atoms with van der Waals surface area (Å²) in [7, 11) is 2.78. The zero-order valence-corrected chi connectivity index (χ0v) is 13.7. The van der Waals surface area contributed by atoms with Gasteiger partial charge in [-0.05, 0) is 27.2 Å². The van der Waals surface area contributed by atoms with Gasteiger partial charge >= 0.3 is 5.97 Å². The first-order valence-electron chi connectivity index (χ1n) is 6.17. The van der Waals surface area contributed by atoms with Crippen LogP contribution in [0.4, 0.5) is 5.69 Å². The lowest BCUT2D eigenvalue weighted by Crippen LogP contribution is -2.06. The van der Waals surface area contributed by atoms with Crippen LogP contribution in [-0.4, -0.2) is 40.8 Å². The van der Waals surface area contributed by atoms with E-state index in [2.05, 4.69) is 41.9 Å². The molecule has 2 N–H and O–H groups in total. The summed E-state index contributed by atoms with van der Waals surface area (Å²) in [6.45, 7) is 0. The van der Waals surface area contributed by atoms with Gasteiger partial charge in [-0.15, -0.1) is 10.2 Å². The number of carbonyl (C=O) groups excluding carboxylic acids is 1. The van der Waals surface area contributed by atoms with E-state index in [1.165, 1.54) is 20.4 Å². The second kappa shape index (κ2) is 7.37. The summed E-state index contributed by atoms with van der Waals surface area (Å²) in [5, 5.41) is 25.1. The average molecular weight is 379 g/mol. The summed E-state index contributed by atoms with van der Waals surface area (Å²) in [4.78, 5) is 11.9. The maximum absolute atomic E-state index is 11.9. The number of nitrogens with zero attached hydrogens (tertiary/aromatic N) is 4. The molecule has 0 fully saturated rings. The molecule has 23 heavy (non-hydrogen) atoms. The fraction of sp³-hybridized carbons (Fsp3) is 0.154. The van der Waals surface area contributed by atoms with E-state index in [1.54, 1.807) is 12.1 Å². The Balaban J connectivity index is 2.41. The highest BCUT2D eigenvalue weighted by Gasteiger charge is 2.16. The maximum Gasteiger partial charge on any atom is 0.340 e. The third-order valence-corrected chi connectivity index (χ3v) is 3.40. The second-order valence-corrected chi connectivity index (χ2v) is 4.93. The third-order valence-electron chi connectivity index (χ3n) is 2.78. The lowest BCUT2D eigenvalue weighted by molar-refractivity contribution is 0.0602.